The van der Waals surface area contributed by atoms with E-state index in [1.807, 2.05) is 6.07 Å². The van der Waals surface area contributed by atoms with Crippen molar-refractivity contribution in [3.63, 3.8) is 0 Å². The van der Waals surface area contributed by atoms with Crippen LogP contribution in [0.2, 0.25) is 0 Å². The van der Waals surface area contributed by atoms with Crippen molar-refractivity contribution in [2.45, 2.75) is 46.0 Å². The summed E-state index contributed by atoms with van der Waals surface area (Å²) in [5, 5.41) is 9.07. The summed E-state index contributed by atoms with van der Waals surface area (Å²) in [5.74, 6) is -0.240. The van der Waals surface area contributed by atoms with Crippen LogP contribution in [0.3, 0.4) is 0 Å². The highest BCUT2D eigenvalue weighted by atomic mass is 79.9. The molecule has 0 radical (unpaired) electrons. The number of hydrogen-bond donors (Lipinski definition) is 1. The van der Waals surface area contributed by atoms with Crippen LogP contribution in [-0.2, 0) is 6.42 Å². The van der Waals surface area contributed by atoms with Crippen LogP contribution in [0.1, 0.15) is 55.5 Å². The molecule has 1 aromatic carbocycles. The van der Waals surface area contributed by atoms with E-state index in [0.717, 1.165) is 17.3 Å². The van der Waals surface area contributed by atoms with E-state index in [0.29, 0.717) is 16.0 Å². The van der Waals surface area contributed by atoms with E-state index in [-0.39, 0.29) is 0 Å². The van der Waals surface area contributed by atoms with Crippen molar-refractivity contribution in [2.24, 2.45) is 5.92 Å². The molecular weight excluding hydrogens is 372 g/mol. The van der Waals surface area contributed by atoms with Crippen LogP contribution in [0.25, 0.3) is 0 Å². The average Bonchev–Trinajstić information content (AvgIpc) is 2.39. The summed E-state index contributed by atoms with van der Waals surface area (Å²) < 4.78 is 1.52. The maximum Gasteiger partial charge on any atom is 0.336 e. The third-order valence-corrected chi connectivity index (χ3v) is 5.71. The molecule has 0 aliphatic rings. The molecule has 0 amide bonds. The fraction of sp³-hybridized carbons (Fsp3) is 0.533. The lowest BCUT2D eigenvalue weighted by Crippen LogP contribution is -2.06. The Morgan fingerprint density at radius 3 is 2.47 bits per heavy atom. The molecule has 1 N–H and O–H groups in total. The first-order valence-electron chi connectivity index (χ1n) is 6.71. The Labute approximate surface area is 131 Å². The Hall–Kier alpha value is -0.350. The number of hydrogen-bond acceptors (Lipinski definition) is 1. The first-order chi connectivity index (χ1) is 9.01. The standard InChI is InChI=1S/C15H20Br2O2/c1-3-5-6-10(4-2)9-11-7-8-12(15(18)19)14(17)13(11)16/h7-8,10H,3-6,9H2,1-2H3,(H,18,19). The molecule has 0 aliphatic heterocycles. The molecule has 1 atom stereocenters. The van der Waals surface area contributed by atoms with Gasteiger partial charge in [-0.05, 0) is 55.8 Å². The van der Waals surface area contributed by atoms with Crippen molar-refractivity contribution < 1.29 is 9.90 Å². The summed E-state index contributed by atoms with van der Waals surface area (Å²) in [7, 11) is 0. The lowest BCUT2D eigenvalue weighted by Gasteiger charge is -2.16. The molecule has 19 heavy (non-hydrogen) atoms. The van der Waals surface area contributed by atoms with Gasteiger partial charge in [0.25, 0.3) is 0 Å². The van der Waals surface area contributed by atoms with E-state index in [2.05, 4.69) is 45.7 Å². The van der Waals surface area contributed by atoms with E-state index >= 15 is 0 Å². The van der Waals surface area contributed by atoms with Gasteiger partial charge in [-0.3, -0.25) is 0 Å². The van der Waals surface area contributed by atoms with Crippen molar-refractivity contribution in [2.75, 3.05) is 0 Å². The first-order valence-corrected chi connectivity index (χ1v) is 8.29. The molecule has 0 bridgehead atoms. The van der Waals surface area contributed by atoms with Gasteiger partial charge in [-0.2, -0.15) is 0 Å². The van der Waals surface area contributed by atoms with E-state index in [1.54, 1.807) is 6.07 Å². The second-order valence-corrected chi connectivity index (χ2v) is 6.41. The largest absolute Gasteiger partial charge is 0.478 e. The Morgan fingerprint density at radius 1 is 1.26 bits per heavy atom. The maximum atomic E-state index is 11.1. The molecule has 0 fully saturated rings. The van der Waals surface area contributed by atoms with Gasteiger partial charge in [0.2, 0.25) is 0 Å². The molecule has 0 saturated carbocycles. The predicted octanol–water partition coefficient (Wildman–Crippen LogP) is 5.67. The minimum absolute atomic E-state index is 0.303. The van der Waals surface area contributed by atoms with E-state index in [4.69, 9.17) is 5.11 Å². The quantitative estimate of drug-likeness (QED) is 0.650. The van der Waals surface area contributed by atoms with Gasteiger partial charge in [0, 0.05) is 8.95 Å². The van der Waals surface area contributed by atoms with Gasteiger partial charge in [0.1, 0.15) is 0 Å². The van der Waals surface area contributed by atoms with Crippen molar-refractivity contribution in [1.29, 1.82) is 0 Å². The Bertz CT molecular complexity index is 444. The van der Waals surface area contributed by atoms with Gasteiger partial charge >= 0.3 is 5.97 Å². The molecule has 0 spiro atoms. The fourth-order valence-electron chi connectivity index (χ4n) is 2.17. The van der Waals surface area contributed by atoms with Crippen LogP contribution in [0.4, 0.5) is 0 Å². The van der Waals surface area contributed by atoms with Crippen LogP contribution in [0, 0.1) is 5.92 Å². The number of aromatic carboxylic acids is 1. The van der Waals surface area contributed by atoms with Crippen LogP contribution in [0.15, 0.2) is 21.1 Å². The molecule has 0 saturated heterocycles. The summed E-state index contributed by atoms with van der Waals surface area (Å²) >= 11 is 6.88. The molecule has 0 aliphatic carbocycles. The molecular formula is C15H20Br2O2. The number of halogens is 2. The Morgan fingerprint density at radius 2 is 1.95 bits per heavy atom. The van der Waals surface area contributed by atoms with Gasteiger partial charge < -0.3 is 5.11 Å². The van der Waals surface area contributed by atoms with E-state index in [1.165, 1.54) is 24.8 Å². The number of carboxylic acid groups (broad SMARTS) is 1. The predicted molar refractivity (Wildman–Crippen MR) is 85.8 cm³/mol. The molecule has 4 heteroatoms. The average molecular weight is 392 g/mol. The Balaban J connectivity index is 2.90. The molecule has 0 heterocycles. The summed E-state index contributed by atoms with van der Waals surface area (Å²) in [6.07, 6.45) is 5.86. The second kappa shape index (κ2) is 8.05. The molecule has 0 aromatic heterocycles. The van der Waals surface area contributed by atoms with E-state index < -0.39 is 5.97 Å². The summed E-state index contributed by atoms with van der Waals surface area (Å²) in [4.78, 5) is 11.1. The van der Waals surface area contributed by atoms with E-state index in [9.17, 15) is 4.79 Å². The number of unbranched alkanes of at least 4 members (excludes halogenated alkanes) is 1. The van der Waals surface area contributed by atoms with Gasteiger partial charge in [0.05, 0.1) is 5.56 Å². The number of benzene rings is 1. The zero-order chi connectivity index (χ0) is 14.4. The Kier molecular flexibility index (Phi) is 7.08. The molecule has 2 nitrogen and oxygen atoms in total. The zero-order valence-electron chi connectivity index (χ0n) is 11.4. The lowest BCUT2D eigenvalue weighted by molar-refractivity contribution is 0.0696. The summed E-state index contributed by atoms with van der Waals surface area (Å²) in [6, 6.07) is 3.60. The third kappa shape index (κ3) is 4.60. The molecule has 1 rings (SSSR count). The smallest absolute Gasteiger partial charge is 0.336 e. The van der Waals surface area contributed by atoms with Crippen LogP contribution >= 0.6 is 31.9 Å². The number of carbonyl (C=O) groups is 1. The maximum absolute atomic E-state index is 11.1. The van der Waals surface area contributed by atoms with Gasteiger partial charge in [-0.1, -0.05) is 45.6 Å². The topological polar surface area (TPSA) is 37.3 Å². The summed E-state index contributed by atoms with van der Waals surface area (Å²) in [6.45, 7) is 4.43. The highest BCUT2D eigenvalue weighted by Gasteiger charge is 2.16. The number of carboxylic acids is 1. The van der Waals surface area contributed by atoms with Crippen LogP contribution in [-0.4, -0.2) is 11.1 Å². The van der Waals surface area contributed by atoms with Gasteiger partial charge in [-0.25, -0.2) is 4.79 Å². The van der Waals surface area contributed by atoms with Crippen molar-refractivity contribution in [3.05, 3.63) is 32.2 Å². The SMILES string of the molecule is CCCCC(CC)Cc1ccc(C(=O)O)c(Br)c1Br. The van der Waals surface area contributed by atoms with Crippen molar-refractivity contribution >= 4 is 37.8 Å². The summed E-state index contributed by atoms with van der Waals surface area (Å²) in [5.41, 5.74) is 1.48. The monoisotopic (exact) mass is 390 g/mol. The second-order valence-electron chi connectivity index (χ2n) is 4.83. The minimum Gasteiger partial charge on any atom is -0.478 e. The molecule has 1 unspecified atom stereocenters. The highest BCUT2D eigenvalue weighted by Crippen LogP contribution is 2.33. The lowest BCUT2D eigenvalue weighted by atomic mass is 9.92. The first kappa shape index (κ1) is 16.7. The van der Waals surface area contributed by atoms with Gasteiger partial charge in [0.15, 0.2) is 0 Å². The minimum atomic E-state index is -0.905. The highest BCUT2D eigenvalue weighted by molar-refractivity contribution is 9.13. The van der Waals surface area contributed by atoms with Crippen molar-refractivity contribution in [3.8, 4) is 0 Å². The van der Waals surface area contributed by atoms with Crippen molar-refractivity contribution in [1.82, 2.24) is 0 Å². The number of rotatable bonds is 7. The molecule has 106 valence electrons. The zero-order valence-corrected chi connectivity index (χ0v) is 14.6. The van der Waals surface area contributed by atoms with Crippen LogP contribution in [0.5, 0.6) is 0 Å². The fourth-order valence-corrected chi connectivity index (χ4v) is 3.23. The normalized spacial score (nSPS) is 12.4. The third-order valence-electron chi connectivity index (χ3n) is 3.44. The van der Waals surface area contributed by atoms with Crippen LogP contribution < -0.4 is 0 Å². The van der Waals surface area contributed by atoms with Gasteiger partial charge in [-0.15, -0.1) is 0 Å². The molecule has 1 aromatic rings.